The first-order chi connectivity index (χ1) is 8.00. The minimum absolute atomic E-state index is 0.0590. The lowest BCUT2D eigenvalue weighted by atomic mass is 9.84. The zero-order chi connectivity index (χ0) is 12.6. The second-order valence-electron chi connectivity index (χ2n) is 5.13. The summed E-state index contributed by atoms with van der Waals surface area (Å²) in [6.45, 7) is 5.76. The predicted molar refractivity (Wildman–Crippen MR) is 69.1 cm³/mol. The van der Waals surface area contributed by atoms with E-state index >= 15 is 0 Å². The Balaban J connectivity index is 2.09. The number of fused-ring (bicyclic) bond motifs is 1. The largest absolute Gasteiger partial charge is 0.333 e. The third-order valence-electron chi connectivity index (χ3n) is 4.09. The molecule has 0 spiro atoms. The lowest BCUT2D eigenvalue weighted by molar-refractivity contribution is -0.121. The van der Waals surface area contributed by atoms with Gasteiger partial charge in [0.2, 0.25) is 0 Å². The number of rotatable bonds is 3. The number of ketones is 1. The minimum Gasteiger partial charge on any atom is -0.333 e. The van der Waals surface area contributed by atoms with Crippen LogP contribution in [0.15, 0.2) is 0 Å². The molecule has 2 rings (SSSR count). The molecule has 2 N–H and O–H groups in total. The Morgan fingerprint density at radius 1 is 1.41 bits per heavy atom. The van der Waals surface area contributed by atoms with Crippen LogP contribution in [0.2, 0.25) is 0 Å². The molecule has 2 saturated heterocycles. The number of nitrogens with one attached hydrogen (secondary N) is 2. The number of Topliss-reactive ketones (excluding diaryl/α,β-unsaturated/α-hetero) is 1. The maximum atomic E-state index is 11.5. The smallest absolute Gasteiger partial charge is 0.315 e. The fourth-order valence-electron chi connectivity index (χ4n) is 2.68. The lowest BCUT2D eigenvalue weighted by Crippen LogP contribution is -2.49. The summed E-state index contributed by atoms with van der Waals surface area (Å²) in [5.41, 5.74) is 0. The Kier molecular flexibility index (Phi) is 3.66. The normalized spacial score (nSPS) is 35.5. The van der Waals surface area contributed by atoms with Crippen molar-refractivity contribution in [2.75, 3.05) is 5.75 Å². The molecule has 0 aliphatic carbocycles. The van der Waals surface area contributed by atoms with Gasteiger partial charge in [-0.1, -0.05) is 13.8 Å². The topological polar surface area (TPSA) is 58.2 Å². The van der Waals surface area contributed by atoms with Crippen LogP contribution in [0, 0.1) is 11.8 Å². The van der Waals surface area contributed by atoms with Crippen molar-refractivity contribution in [2.24, 2.45) is 11.8 Å². The van der Waals surface area contributed by atoms with E-state index in [1.54, 1.807) is 6.92 Å². The predicted octanol–water partition coefficient (Wildman–Crippen LogP) is 1.40. The zero-order valence-electron chi connectivity index (χ0n) is 10.5. The van der Waals surface area contributed by atoms with Gasteiger partial charge in [-0.25, -0.2) is 4.79 Å². The van der Waals surface area contributed by atoms with Crippen LogP contribution in [0.5, 0.6) is 0 Å². The number of urea groups is 1. The molecule has 17 heavy (non-hydrogen) atoms. The number of carbonyl (C=O) groups is 2. The van der Waals surface area contributed by atoms with Gasteiger partial charge in [0, 0.05) is 11.2 Å². The van der Waals surface area contributed by atoms with E-state index in [-0.39, 0.29) is 29.8 Å². The molecule has 2 fully saturated rings. The highest BCUT2D eigenvalue weighted by atomic mass is 32.2. The van der Waals surface area contributed by atoms with Crippen LogP contribution in [0.4, 0.5) is 4.79 Å². The van der Waals surface area contributed by atoms with E-state index in [0.717, 1.165) is 12.2 Å². The summed E-state index contributed by atoms with van der Waals surface area (Å²) in [5.74, 6) is 1.65. The molecule has 0 aromatic heterocycles. The molecule has 4 nitrogen and oxygen atoms in total. The molecule has 0 aromatic carbocycles. The van der Waals surface area contributed by atoms with Gasteiger partial charge in [0.1, 0.15) is 5.78 Å². The first kappa shape index (κ1) is 12.7. The fourth-order valence-corrected chi connectivity index (χ4v) is 4.35. The van der Waals surface area contributed by atoms with Crippen LogP contribution >= 0.6 is 11.8 Å². The second kappa shape index (κ2) is 4.88. The Hall–Kier alpha value is -0.710. The van der Waals surface area contributed by atoms with E-state index in [1.807, 2.05) is 18.7 Å². The summed E-state index contributed by atoms with van der Waals surface area (Å²) in [7, 11) is 0. The van der Waals surface area contributed by atoms with Gasteiger partial charge in [-0.05, 0) is 25.0 Å². The number of carbonyl (C=O) groups excluding carboxylic acids is 2. The summed E-state index contributed by atoms with van der Waals surface area (Å²) in [6, 6.07) is 0.364. The molecule has 96 valence electrons. The Labute approximate surface area is 106 Å². The van der Waals surface area contributed by atoms with E-state index < -0.39 is 0 Å². The van der Waals surface area contributed by atoms with Crippen molar-refractivity contribution >= 4 is 23.6 Å². The van der Waals surface area contributed by atoms with Crippen molar-refractivity contribution in [1.82, 2.24) is 10.6 Å². The molecule has 5 heteroatoms. The van der Waals surface area contributed by atoms with Crippen LogP contribution in [0.25, 0.3) is 0 Å². The van der Waals surface area contributed by atoms with Gasteiger partial charge in [-0.3, -0.25) is 4.79 Å². The minimum atomic E-state index is -0.0600. The quantitative estimate of drug-likeness (QED) is 0.802. The molecule has 0 saturated carbocycles. The van der Waals surface area contributed by atoms with Crippen molar-refractivity contribution in [3.63, 3.8) is 0 Å². The van der Waals surface area contributed by atoms with Crippen LogP contribution < -0.4 is 10.6 Å². The molecule has 2 aliphatic heterocycles. The summed E-state index contributed by atoms with van der Waals surface area (Å²) in [6.07, 6.45) is 1.02. The van der Waals surface area contributed by atoms with Crippen molar-refractivity contribution < 1.29 is 9.59 Å². The average Bonchev–Trinajstić information content (AvgIpc) is 2.66. The molecule has 2 amide bonds. The van der Waals surface area contributed by atoms with E-state index in [9.17, 15) is 9.59 Å². The maximum absolute atomic E-state index is 11.5. The highest BCUT2D eigenvalue weighted by molar-refractivity contribution is 8.00. The summed E-state index contributed by atoms with van der Waals surface area (Å²) in [4.78, 5) is 22.9. The van der Waals surface area contributed by atoms with Gasteiger partial charge in [0.25, 0.3) is 0 Å². The SMILES string of the molecule is CC(=O)C(C)C(C)[C@@H]1SCCC2NC(=O)NC21. The Morgan fingerprint density at radius 3 is 2.76 bits per heavy atom. The molecule has 0 bridgehead atoms. The number of hydrogen-bond acceptors (Lipinski definition) is 3. The third kappa shape index (κ3) is 2.44. The number of amides is 2. The first-order valence-corrected chi connectivity index (χ1v) is 7.24. The van der Waals surface area contributed by atoms with Crippen LogP contribution in [0.3, 0.4) is 0 Å². The van der Waals surface area contributed by atoms with Crippen molar-refractivity contribution in [1.29, 1.82) is 0 Å². The second-order valence-corrected chi connectivity index (χ2v) is 6.42. The average molecular weight is 256 g/mol. The van der Waals surface area contributed by atoms with Crippen LogP contribution in [-0.2, 0) is 4.79 Å². The molecular weight excluding hydrogens is 236 g/mol. The van der Waals surface area contributed by atoms with Gasteiger partial charge in [-0.2, -0.15) is 11.8 Å². The molecule has 5 atom stereocenters. The summed E-state index contributed by atoms with van der Waals surface area (Å²) in [5, 5.41) is 6.30. The van der Waals surface area contributed by atoms with Crippen LogP contribution in [-0.4, -0.2) is 34.9 Å². The molecule has 0 aromatic rings. The van der Waals surface area contributed by atoms with Crippen molar-refractivity contribution in [3.05, 3.63) is 0 Å². The fraction of sp³-hybridized carbons (Fsp3) is 0.833. The van der Waals surface area contributed by atoms with Gasteiger partial charge in [0.15, 0.2) is 0 Å². The zero-order valence-corrected chi connectivity index (χ0v) is 11.3. The van der Waals surface area contributed by atoms with E-state index in [2.05, 4.69) is 17.6 Å². The Bertz CT molecular complexity index is 334. The molecule has 4 unspecified atom stereocenters. The standard InChI is InChI=1S/C12H20N2O2S/c1-6(8(3)15)7(2)11-10-9(4-5-17-11)13-12(16)14-10/h6-7,9-11H,4-5H2,1-3H3,(H2,13,14,16)/t6?,7?,9?,10?,11-/m0/s1. The maximum Gasteiger partial charge on any atom is 0.315 e. The monoisotopic (exact) mass is 256 g/mol. The van der Waals surface area contributed by atoms with Gasteiger partial charge < -0.3 is 10.6 Å². The third-order valence-corrected chi connectivity index (χ3v) is 5.67. The summed E-state index contributed by atoms with van der Waals surface area (Å²) >= 11 is 1.89. The number of thioether (sulfide) groups is 1. The molecular formula is C12H20N2O2S. The van der Waals surface area contributed by atoms with Crippen LogP contribution in [0.1, 0.15) is 27.2 Å². The molecule has 2 heterocycles. The van der Waals surface area contributed by atoms with Crippen molar-refractivity contribution in [3.8, 4) is 0 Å². The van der Waals surface area contributed by atoms with Crippen molar-refractivity contribution in [2.45, 2.75) is 44.5 Å². The first-order valence-electron chi connectivity index (χ1n) is 6.19. The lowest BCUT2D eigenvalue weighted by Gasteiger charge is -2.37. The van der Waals surface area contributed by atoms with E-state index in [4.69, 9.17) is 0 Å². The highest BCUT2D eigenvalue weighted by Crippen LogP contribution is 2.36. The van der Waals surface area contributed by atoms with Gasteiger partial charge in [0.05, 0.1) is 12.1 Å². The van der Waals surface area contributed by atoms with E-state index in [1.165, 1.54) is 0 Å². The Morgan fingerprint density at radius 2 is 2.12 bits per heavy atom. The molecule has 0 radical (unpaired) electrons. The summed E-state index contributed by atoms with van der Waals surface area (Å²) < 4.78 is 0. The van der Waals surface area contributed by atoms with Gasteiger partial charge >= 0.3 is 6.03 Å². The number of hydrogen-bond donors (Lipinski definition) is 2. The van der Waals surface area contributed by atoms with E-state index in [0.29, 0.717) is 11.2 Å². The molecule has 2 aliphatic rings. The van der Waals surface area contributed by atoms with Gasteiger partial charge in [-0.15, -0.1) is 0 Å². The highest BCUT2D eigenvalue weighted by Gasteiger charge is 2.43.